The van der Waals surface area contributed by atoms with Crippen LogP contribution in [0, 0.1) is 15.2 Å². The number of hydrogen-bond donors (Lipinski definition) is 3. The van der Waals surface area contributed by atoms with Crippen molar-refractivity contribution in [3.05, 3.63) is 81.7 Å². The summed E-state index contributed by atoms with van der Waals surface area (Å²) in [6.07, 6.45) is 2.87. The number of benzene rings is 2. The fraction of sp³-hybridized carbons (Fsp3) is 0.214. The van der Waals surface area contributed by atoms with Gasteiger partial charge in [-0.2, -0.15) is 0 Å². The van der Waals surface area contributed by atoms with Crippen molar-refractivity contribution in [3.8, 4) is 23.0 Å². The second-order valence-electron chi connectivity index (χ2n) is 8.49. The highest BCUT2D eigenvalue weighted by Gasteiger charge is 2.23. The number of nitrogens with zero attached hydrogens (tertiary/aromatic N) is 3. The molecule has 4 rings (SSSR count). The Bertz CT molecular complexity index is 1500. The van der Waals surface area contributed by atoms with Crippen molar-refractivity contribution in [1.29, 1.82) is 0 Å². The fourth-order valence-electron chi connectivity index (χ4n) is 3.78. The Hall–Kier alpha value is -3.89. The fourth-order valence-corrected chi connectivity index (χ4v) is 4.19. The van der Waals surface area contributed by atoms with Gasteiger partial charge in [-0.05, 0) is 59.0 Å². The number of ether oxygens (including phenoxy) is 4. The third-order valence-corrected chi connectivity index (χ3v) is 6.86. The summed E-state index contributed by atoms with van der Waals surface area (Å²) in [6, 6.07) is 13.4. The van der Waals surface area contributed by atoms with Crippen molar-refractivity contribution in [1.82, 2.24) is 9.97 Å². The molecule has 2 aromatic carbocycles. The molecule has 14 heteroatoms. The van der Waals surface area contributed by atoms with E-state index in [1.54, 1.807) is 57.8 Å². The minimum Gasteiger partial charge on any atom is -0.497 e. The molecule has 10 nitrogen and oxygen atoms in total. The monoisotopic (exact) mass is 694 g/mol. The topological polar surface area (TPSA) is 118 Å². The maximum absolute atomic E-state index is 14.4. The first-order valence-electron chi connectivity index (χ1n) is 12.4. The van der Waals surface area contributed by atoms with Gasteiger partial charge in [0.05, 0.1) is 37.7 Å². The Morgan fingerprint density at radius 3 is 2.07 bits per heavy atom. The summed E-state index contributed by atoms with van der Waals surface area (Å²) in [5.41, 5.74) is 1.21. The van der Waals surface area contributed by atoms with E-state index in [1.807, 2.05) is 34.7 Å². The molecule has 2 aromatic heterocycles. The number of nitrogens with one attached hydrogen (secondary N) is 1. The van der Waals surface area contributed by atoms with Gasteiger partial charge >= 0.3 is 7.12 Å². The first kappa shape index (κ1) is 32.6. The first-order chi connectivity index (χ1) is 20.1. The van der Waals surface area contributed by atoms with Crippen LogP contribution >= 0.6 is 22.6 Å². The predicted molar refractivity (Wildman–Crippen MR) is 165 cm³/mol. The van der Waals surface area contributed by atoms with E-state index in [1.165, 1.54) is 31.4 Å². The van der Waals surface area contributed by atoms with E-state index in [2.05, 4.69) is 15.3 Å². The molecule has 0 aliphatic heterocycles. The number of halogens is 3. The SMILES string of the molecule is COc1ccc(CNc2nccc(I)c2F)c(OC)c1.COc1ccc(N(C)c2nccc(B(O)O)c2F)c(OC)c1. The predicted octanol–water partition coefficient (Wildman–Crippen LogP) is 4.14. The molecule has 0 bridgehead atoms. The lowest BCUT2D eigenvalue weighted by atomic mass is 9.80. The summed E-state index contributed by atoms with van der Waals surface area (Å²) < 4.78 is 49.5. The van der Waals surface area contributed by atoms with Crippen LogP contribution in [0.25, 0.3) is 0 Å². The van der Waals surface area contributed by atoms with Crippen LogP contribution in [0.3, 0.4) is 0 Å². The molecule has 0 aliphatic carbocycles. The van der Waals surface area contributed by atoms with Crippen LogP contribution in [0.5, 0.6) is 23.0 Å². The first-order valence-corrected chi connectivity index (χ1v) is 13.4. The van der Waals surface area contributed by atoms with Crippen molar-refractivity contribution in [2.75, 3.05) is 45.7 Å². The average Bonchev–Trinajstić information content (AvgIpc) is 3.01. The average molecular weight is 694 g/mol. The van der Waals surface area contributed by atoms with E-state index < -0.39 is 12.9 Å². The summed E-state index contributed by atoms with van der Waals surface area (Å²) in [5, 5.41) is 21.3. The molecule has 0 saturated carbocycles. The quantitative estimate of drug-likeness (QED) is 0.165. The van der Waals surface area contributed by atoms with Gasteiger partial charge in [-0.15, -0.1) is 0 Å². The maximum atomic E-state index is 14.4. The molecule has 0 saturated heterocycles. The van der Waals surface area contributed by atoms with Crippen molar-refractivity contribution in [2.45, 2.75) is 6.54 Å². The zero-order chi connectivity index (χ0) is 30.8. The Labute approximate surface area is 256 Å². The Balaban J connectivity index is 0.000000231. The van der Waals surface area contributed by atoms with Crippen LogP contribution < -0.4 is 34.6 Å². The Kier molecular flexibility index (Phi) is 11.9. The summed E-state index contributed by atoms with van der Waals surface area (Å²) >= 11 is 1.93. The minimum atomic E-state index is -1.91. The van der Waals surface area contributed by atoms with Crippen LogP contribution in [0.2, 0.25) is 0 Å². The Morgan fingerprint density at radius 2 is 1.45 bits per heavy atom. The van der Waals surface area contributed by atoms with Crippen LogP contribution in [0.4, 0.5) is 26.1 Å². The summed E-state index contributed by atoms with van der Waals surface area (Å²) in [6.45, 7) is 0.414. The van der Waals surface area contributed by atoms with Gasteiger partial charge in [0.1, 0.15) is 23.0 Å². The van der Waals surface area contributed by atoms with E-state index in [0.717, 1.165) is 5.56 Å². The third-order valence-electron chi connectivity index (χ3n) is 6.03. The third kappa shape index (κ3) is 7.89. The van der Waals surface area contributed by atoms with E-state index in [0.29, 0.717) is 38.8 Å². The highest BCUT2D eigenvalue weighted by atomic mass is 127. The van der Waals surface area contributed by atoms with Crippen LogP contribution in [0.1, 0.15) is 5.56 Å². The summed E-state index contributed by atoms with van der Waals surface area (Å²) in [4.78, 5) is 9.40. The molecule has 0 aliphatic rings. The molecule has 2 heterocycles. The number of aromatic nitrogens is 2. The van der Waals surface area contributed by atoms with Gasteiger partial charge in [0.2, 0.25) is 0 Å². The highest BCUT2D eigenvalue weighted by Crippen LogP contribution is 2.35. The Morgan fingerprint density at radius 1 is 0.833 bits per heavy atom. The lowest BCUT2D eigenvalue weighted by Gasteiger charge is -2.22. The summed E-state index contributed by atoms with van der Waals surface area (Å²) in [5.74, 6) is 1.49. The maximum Gasteiger partial charge on any atom is 0.491 e. The minimum absolute atomic E-state index is 0.0472. The van der Waals surface area contributed by atoms with Gasteiger partial charge in [-0.25, -0.2) is 18.7 Å². The summed E-state index contributed by atoms with van der Waals surface area (Å²) in [7, 11) is 5.90. The van der Waals surface area contributed by atoms with Crippen molar-refractivity contribution in [3.63, 3.8) is 0 Å². The van der Waals surface area contributed by atoms with Crippen molar-refractivity contribution < 1.29 is 37.8 Å². The molecular formula is C28H30BF2IN4O6. The smallest absolute Gasteiger partial charge is 0.491 e. The second-order valence-corrected chi connectivity index (χ2v) is 9.66. The standard InChI is InChI=1S/C14H16BFN2O4.C14H14FIN2O2/c1-18(11-5-4-9(21-2)8-12(11)22-3)14-13(16)10(15(19)20)6-7-17-14;1-19-10-4-3-9(12(7-10)20-2)8-18-14-13(15)11(16)5-6-17-14/h4-8,19-20H,1-3H3;3-7H,8H2,1-2H3,(H,17,18). The van der Waals surface area contributed by atoms with Gasteiger partial charge < -0.3 is 39.2 Å². The zero-order valence-electron chi connectivity index (χ0n) is 23.6. The van der Waals surface area contributed by atoms with Gasteiger partial charge in [0.25, 0.3) is 0 Å². The molecule has 0 unspecified atom stereocenters. The molecule has 42 heavy (non-hydrogen) atoms. The van der Waals surface area contributed by atoms with Crippen LogP contribution in [-0.4, -0.2) is 62.6 Å². The number of methoxy groups -OCH3 is 4. The molecule has 0 amide bonds. The lowest BCUT2D eigenvalue weighted by molar-refractivity contribution is 0.391. The molecule has 222 valence electrons. The van der Waals surface area contributed by atoms with Gasteiger partial charge in [-0.1, -0.05) is 0 Å². The molecular weight excluding hydrogens is 664 g/mol. The second kappa shape index (κ2) is 15.4. The van der Waals surface area contributed by atoms with Crippen molar-refractivity contribution in [2.24, 2.45) is 0 Å². The number of anilines is 3. The molecule has 0 atom stereocenters. The molecule has 3 N–H and O–H groups in total. The van der Waals surface area contributed by atoms with E-state index >= 15 is 0 Å². The van der Waals surface area contributed by atoms with Gasteiger partial charge in [-0.3, -0.25) is 0 Å². The zero-order valence-corrected chi connectivity index (χ0v) is 25.7. The van der Waals surface area contributed by atoms with Gasteiger partial charge in [0.15, 0.2) is 23.3 Å². The molecule has 0 fully saturated rings. The van der Waals surface area contributed by atoms with Gasteiger partial charge in [0, 0.05) is 49.1 Å². The molecule has 0 spiro atoms. The largest absolute Gasteiger partial charge is 0.497 e. The number of rotatable bonds is 10. The molecule has 4 aromatic rings. The van der Waals surface area contributed by atoms with E-state index in [9.17, 15) is 18.8 Å². The van der Waals surface area contributed by atoms with Crippen molar-refractivity contribution >= 4 is 52.5 Å². The normalized spacial score (nSPS) is 10.2. The number of pyridine rings is 2. The van der Waals surface area contributed by atoms with E-state index in [4.69, 9.17) is 18.9 Å². The van der Waals surface area contributed by atoms with Crippen LogP contribution in [0.15, 0.2) is 60.9 Å². The highest BCUT2D eigenvalue weighted by molar-refractivity contribution is 14.1. The molecule has 0 radical (unpaired) electrons. The number of hydrogen-bond acceptors (Lipinski definition) is 10. The van der Waals surface area contributed by atoms with Crippen LogP contribution in [-0.2, 0) is 6.54 Å². The van der Waals surface area contributed by atoms with E-state index in [-0.39, 0.29) is 22.9 Å². The lowest BCUT2D eigenvalue weighted by Crippen LogP contribution is -2.34.